The van der Waals surface area contributed by atoms with Crippen LogP contribution in [-0.4, -0.2) is 17.4 Å². The summed E-state index contributed by atoms with van der Waals surface area (Å²) in [5, 5.41) is 6.38. The van der Waals surface area contributed by atoms with Crippen molar-refractivity contribution in [3.8, 4) is 0 Å². The van der Waals surface area contributed by atoms with Crippen molar-refractivity contribution < 1.29 is 13.6 Å². The fourth-order valence-corrected chi connectivity index (χ4v) is 3.26. The zero-order valence-corrected chi connectivity index (χ0v) is 17.9. The van der Waals surface area contributed by atoms with Crippen molar-refractivity contribution in [3.63, 3.8) is 0 Å². The van der Waals surface area contributed by atoms with E-state index in [-0.39, 0.29) is 16.8 Å². The Labute approximate surface area is 175 Å². The van der Waals surface area contributed by atoms with E-state index < -0.39 is 23.6 Å². The van der Waals surface area contributed by atoms with E-state index >= 15 is 0 Å². The number of nitrogens with one attached hydrogen (secondary N) is 2. The average Bonchev–Trinajstić information content (AvgIpc) is 2.68. The monoisotopic (exact) mass is 411 g/mol. The van der Waals surface area contributed by atoms with Gasteiger partial charge in [-0.05, 0) is 60.7 Å². The normalized spacial score (nSPS) is 12.6. The SMILES string of the molecule is CCNc1c(F)cc([C@@H](C)NC(=O)c2ccc3cc(C(C)(C)C)ccc3n2)cc1F. The van der Waals surface area contributed by atoms with E-state index in [0.29, 0.717) is 12.1 Å². The summed E-state index contributed by atoms with van der Waals surface area (Å²) in [6.07, 6.45) is 0. The third kappa shape index (κ3) is 4.58. The van der Waals surface area contributed by atoms with E-state index in [9.17, 15) is 13.6 Å². The molecular formula is C24H27F2N3O. The molecule has 1 heterocycles. The number of nitrogens with zero attached hydrogens (tertiary/aromatic N) is 1. The van der Waals surface area contributed by atoms with Crippen LogP contribution >= 0.6 is 0 Å². The first-order chi connectivity index (χ1) is 14.1. The van der Waals surface area contributed by atoms with Crippen LogP contribution in [0.1, 0.15) is 62.3 Å². The smallest absolute Gasteiger partial charge is 0.270 e. The second-order valence-corrected chi connectivity index (χ2v) is 8.44. The first kappa shape index (κ1) is 21.7. The minimum Gasteiger partial charge on any atom is -0.381 e. The van der Waals surface area contributed by atoms with Crippen molar-refractivity contribution in [1.82, 2.24) is 10.3 Å². The Morgan fingerprint density at radius 2 is 1.73 bits per heavy atom. The van der Waals surface area contributed by atoms with Gasteiger partial charge in [-0.1, -0.05) is 32.9 Å². The highest BCUT2D eigenvalue weighted by atomic mass is 19.1. The average molecular weight is 411 g/mol. The molecule has 0 radical (unpaired) electrons. The predicted molar refractivity (Wildman–Crippen MR) is 117 cm³/mol. The number of amides is 1. The number of carbonyl (C=O) groups is 1. The molecule has 0 saturated heterocycles. The summed E-state index contributed by atoms with van der Waals surface area (Å²) in [6.45, 7) is 10.3. The quantitative estimate of drug-likeness (QED) is 0.563. The van der Waals surface area contributed by atoms with Crippen molar-refractivity contribution in [3.05, 3.63) is 70.9 Å². The topological polar surface area (TPSA) is 54.0 Å². The Morgan fingerprint density at radius 1 is 1.07 bits per heavy atom. The maximum atomic E-state index is 14.2. The van der Waals surface area contributed by atoms with Crippen LogP contribution in [0.3, 0.4) is 0 Å². The molecule has 2 N–H and O–H groups in total. The molecular weight excluding hydrogens is 384 g/mol. The lowest BCUT2D eigenvalue weighted by atomic mass is 9.86. The molecule has 0 spiro atoms. The van der Waals surface area contributed by atoms with Crippen LogP contribution in [0.5, 0.6) is 0 Å². The third-order valence-corrected chi connectivity index (χ3v) is 5.05. The standard InChI is InChI=1S/C24H27F2N3O/c1-6-27-22-18(25)12-16(13-19(22)26)14(2)28-23(30)21-9-7-15-11-17(24(3,4)5)8-10-20(15)29-21/h7-14,27H,6H2,1-5H3,(H,28,30)/t14-/m1/s1. The molecule has 1 amide bonds. The first-order valence-electron chi connectivity index (χ1n) is 10.0. The molecule has 0 aliphatic rings. The van der Waals surface area contributed by atoms with E-state index in [1.54, 1.807) is 19.9 Å². The Hall–Kier alpha value is -3.02. The molecule has 3 rings (SSSR count). The van der Waals surface area contributed by atoms with Crippen LogP contribution in [0.15, 0.2) is 42.5 Å². The van der Waals surface area contributed by atoms with Crippen molar-refractivity contribution in [2.45, 2.75) is 46.1 Å². The van der Waals surface area contributed by atoms with Gasteiger partial charge in [0.25, 0.3) is 5.91 Å². The molecule has 2 aromatic carbocycles. The zero-order valence-electron chi connectivity index (χ0n) is 17.9. The molecule has 0 bridgehead atoms. The van der Waals surface area contributed by atoms with Gasteiger partial charge in [-0.25, -0.2) is 13.8 Å². The molecule has 0 saturated carbocycles. The van der Waals surface area contributed by atoms with Gasteiger partial charge in [0.2, 0.25) is 0 Å². The number of benzene rings is 2. The van der Waals surface area contributed by atoms with Crippen molar-refractivity contribution in [2.24, 2.45) is 0 Å². The molecule has 4 nitrogen and oxygen atoms in total. The van der Waals surface area contributed by atoms with Gasteiger partial charge in [0, 0.05) is 11.9 Å². The Bertz CT molecular complexity index is 1070. The molecule has 1 atom stereocenters. The van der Waals surface area contributed by atoms with Crippen LogP contribution in [0, 0.1) is 11.6 Å². The molecule has 1 aromatic heterocycles. The summed E-state index contributed by atoms with van der Waals surface area (Å²) < 4.78 is 28.4. The molecule has 158 valence electrons. The lowest BCUT2D eigenvalue weighted by molar-refractivity contribution is 0.0935. The lowest BCUT2D eigenvalue weighted by Gasteiger charge is -2.19. The van der Waals surface area contributed by atoms with E-state index in [0.717, 1.165) is 10.9 Å². The van der Waals surface area contributed by atoms with Crippen molar-refractivity contribution in [1.29, 1.82) is 0 Å². The van der Waals surface area contributed by atoms with Gasteiger partial charge < -0.3 is 10.6 Å². The summed E-state index contributed by atoms with van der Waals surface area (Å²) in [6, 6.07) is 11.4. The van der Waals surface area contributed by atoms with Gasteiger partial charge in [-0.15, -0.1) is 0 Å². The summed E-state index contributed by atoms with van der Waals surface area (Å²) in [4.78, 5) is 17.1. The fourth-order valence-electron chi connectivity index (χ4n) is 3.26. The molecule has 30 heavy (non-hydrogen) atoms. The summed E-state index contributed by atoms with van der Waals surface area (Å²) >= 11 is 0. The second kappa shape index (κ2) is 8.38. The number of rotatable bonds is 5. The number of pyridine rings is 1. The fraction of sp³-hybridized carbons (Fsp3) is 0.333. The molecule has 0 unspecified atom stereocenters. The largest absolute Gasteiger partial charge is 0.381 e. The molecule has 0 aliphatic heterocycles. The van der Waals surface area contributed by atoms with Crippen LogP contribution in [0.2, 0.25) is 0 Å². The minimum atomic E-state index is -0.688. The number of anilines is 1. The van der Waals surface area contributed by atoms with Gasteiger partial charge in [0.15, 0.2) is 0 Å². The summed E-state index contributed by atoms with van der Waals surface area (Å²) in [5.41, 5.74) is 2.36. The van der Waals surface area contributed by atoms with Crippen molar-refractivity contribution >= 4 is 22.5 Å². The van der Waals surface area contributed by atoms with Gasteiger partial charge in [0.05, 0.1) is 11.6 Å². The number of hydrogen-bond donors (Lipinski definition) is 2. The van der Waals surface area contributed by atoms with E-state index in [1.807, 2.05) is 18.2 Å². The van der Waals surface area contributed by atoms with E-state index in [2.05, 4.69) is 42.5 Å². The van der Waals surface area contributed by atoms with Crippen molar-refractivity contribution in [2.75, 3.05) is 11.9 Å². The van der Waals surface area contributed by atoms with Crippen LogP contribution in [-0.2, 0) is 5.41 Å². The second-order valence-electron chi connectivity index (χ2n) is 8.44. The highest BCUT2D eigenvalue weighted by molar-refractivity contribution is 5.95. The van der Waals surface area contributed by atoms with Gasteiger partial charge in [-0.3, -0.25) is 4.79 Å². The molecule has 0 fully saturated rings. The van der Waals surface area contributed by atoms with Crippen LogP contribution in [0.25, 0.3) is 10.9 Å². The zero-order chi connectivity index (χ0) is 22.1. The molecule has 6 heteroatoms. The highest BCUT2D eigenvalue weighted by Gasteiger charge is 2.18. The highest BCUT2D eigenvalue weighted by Crippen LogP contribution is 2.26. The lowest BCUT2D eigenvalue weighted by Crippen LogP contribution is -2.27. The number of fused-ring (bicyclic) bond motifs is 1. The minimum absolute atomic E-state index is 0.0203. The number of carbonyl (C=O) groups excluding carboxylic acids is 1. The summed E-state index contributed by atoms with van der Waals surface area (Å²) in [7, 11) is 0. The maximum absolute atomic E-state index is 14.2. The number of hydrogen-bond acceptors (Lipinski definition) is 3. The van der Waals surface area contributed by atoms with E-state index in [4.69, 9.17) is 0 Å². The predicted octanol–water partition coefficient (Wildman–Crippen LogP) is 5.73. The van der Waals surface area contributed by atoms with Gasteiger partial charge in [0.1, 0.15) is 23.0 Å². The van der Waals surface area contributed by atoms with Gasteiger partial charge >= 0.3 is 0 Å². The summed E-state index contributed by atoms with van der Waals surface area (Å²) in [5.74, 6) is -1.78. The first-order valence-corrected chi connectivity index (χ1v) is 10.0. The van der Waals surface area contributed by atoms with Crippen LogP contribution < -0.4 is 10.6 Å². The number of aromatic nitrogens is 1. The molecule has 0 aliphatic carbocycles. The number of halogens is 2. The third-order valence-electron chi connectivity index (χ3n) is 5.05. The Morgan fingerprint density at radius 3 is 2.33 bits per heavy atom. The maximum Gasteiger partial charge on any atom is 0.270 e. The van der Waals surface area contributed by atoms with Crippen LogP contribution in [0.4, 0.5) is 14.5 Å². The Kier molecular flexibility index (Phi) is 6.06. The van der Waals surface area contributed by atoms with Gasteiger partial charge in [-0.2, -0.15) is 0 Å². The van der Waals surface area contributed by atoms with E-state index in [1.165, 1.54) is 17.7 Å². The molecule has 3 aromatic rings. The Balaban J connectivity index is 1.80.